The molecule has 1 unspecified atom stereocenters. The topological polar surface area (TPSA) is 72.3 Å². The molecule has 160 valence electrons. The molecule has 8 heteroatoms. The van der Waals surface area contributed by atoms with Gasteiger partial charge in [-0.3, -0.25) is 9.36 Å². The van der Waals surface area contributed by atoms with E-state index in [1.807, 2.05) is 13.8 Å². The van der Waals surface area contributed by atoms with Gasteiger partial charge in [-0.25, -0.2) is 0 Å². The van der Waals surface area contributed by atoms with Crippen molar-refractivity contribution < 1.29 is 9.53 Å². The average molecular weight is 420 g/mol. The zero-order chi connectivity index (χ0) is 20.7. The molecule has 0 aromatic carbocycles. The van der Waals surface area contributed by atoms with Gasteiger partial charge in [0.25, 0.3) is 0 Å². The molecule has 2 aliphatic rings. The summed E-state index contributed by atoms with van der Waals surface area (Å²) in [6.45, 7) is 7.57. The molecule has 29 heavy (non-hydrogen) atoms. The molecule has 2 saturated heterocycles. The smallest absolute Gasteiger partial charge is 0.231 e. The van der Waals surface area contributed by atoms with Gasteiger partial charge in [-0.2, -0.15) is 0 Å². The zero-order valence-electron chi connectivity index (χ0n) is 17.7. The van der Waals surface area contributed by atoms with Crippen molar-refractivity contribution in [1.82, 2.24) is 20.1 Å². The number of piperidine rings is 1. The highest BCUT2D eigenvalue weighted by Crippen LogP contribution is 2.27. The lowest BCUT2D eigenvalue weighted by Crippen LogP contribution is -2.47. The monoisotopic (exact) mass is 419 g/mol. The molecule has 0 saturated carbocycles. The summed E-state index contributed by atoms with van der Waals surface area (Å²) < 4.78 is 8.00. The van der Waals surface area contributed by atoms with Crippen molar-refractivity contribution in [2.24, 2.45) is 0 Å². The Morgan fingerprint density at radius 1 is 1.28 bits per heavy atom. The first-order chi connectivity index (χ1) is 14.1. The number of thioether (sulfide) groups is 1. The minimum Gasteiger partial charge on any atom is -0.376 e. The summed E-state index contributed by atoms with van der Waals surface area (Å²) in [5.74, 6) is 3.86. The molecule has 0 bridgehead atoms. The van der Waals surface area contributed by atoms with E-state index in [1.54, 1.807) is 0 Å². The van der Waals surface area contributed by atoms with Crippen LogP contribution in [0.5, 0.6) is 0 Å². The maximum atomic E-state index is 12.6. The van der Waals surface area contributed by atoms with E-state index in [1.165, 1.54) is 31.0 Å². The molecular formula is C21H33N5O2S. The number of terminal acetylenes is 1. The van der Waals surface area contributed by atoms with Gasteiger partial charge in [0, 0.05) is 19.7 Å². The highest BCUT2D eigenvalue weighted by molar-refractivity contribution is 7.99. The van der Waals surface area contributed by atoms with Crippen LogP contribution < -0.4 is 10.2 Å². The van der Waals surface area contributed by atoms with Gasteiger partial charge in [0.1, 0.15) is 5.54 Å². The summed E-state index contributed by atoms with van der Waals surface area (Å²) in [6, 6.07) is 0. The van der Waals surface area contributed by atoms with Crippen molar-refractivity contribution in [2.45, 2.75) is 82.1 Å². The van der Waals surface area contributed by atoms with Crippen molar-refractivity contribution in [1.29, 1.82) is 0 Å². The fourth-order valence-electron chi connectivity index (χ4n) is 3.97. The summed E-state index contributed by atoms with van der Waals surface area (Å²) in [6.07, 6.45) is 13.1. The van der Waals surface area contributed by atoms with E-state index in [0.717, 1.165) is 50.2 Å². The Labute approximate surface area is 178 Å². The van der Waals surface area contributed by atoms with Crippen LogP contribution in [0.3, 0.4) is 0 Å². The largest absolute Gasteiger partial charge is 0.376 e. The normalized spacial score (nSPS) is 19.9. The fourth-order valence-corrected chi connectivity index (χ4v) is 4.71. The summed E-state index contributed by atoms with van der Waals surface area (Å²) in [4.78, 5) is 14.9. The molecule has 1 atom stereocenters. The first-order valence-corrected chi connectivity index (χ1v) is 11.8. The van der Waals surface area contributed by atoms with Gasteiger partial charge in [0.05, 0.1) is 18.4 Å². The molecule has 1 aromatic rings. The van der Waals surface area contributed by atoms with Gasteiger partial charge in [-0.05, 0) is 44.9 Å². The first-order valence-electron chi connectivity index (χ1n) is 10.8. The quantitative estimate of drug-likeness (QED) is 0.490. The molecule has 0 aliphatic carbocycles. The van der Waals surface area contributed by atoms with E-state index in [4.69, 9.17) is 11.2 Å². The minimum atomic E-state index is -0.567. The maximum Gasteiger partial charge on any atom is 0.231 e. The molecule has 1 aromatic heterocycles. The van der Waals surface area contributed by atoms with Gasteiger partial charge in [-0.15, -0.1) is 16.6 Å². The Morgan fingerprint density at radius 2 is 2.03 bits per heavy atom. The fraction of sp³-hybridized carbons (Fsp3) is 0.762. The summed E-state index contributed by atoms with van der Waals surface area (Å²) in [7, 11) is 0. The van der Waals surface area contributed by atoms with Gasteiger partial charge in [0.15, 0.2) is 5.16 Å². The number of nitrogens with zero attached hydrogens (tertiary/aromatic N) is 4. The molecule has 0 radical (unpaired) electrons. The molecule has 3 rings (SSSR count). The van der Waals surface area contributed by atoms with Crippen LogP contribution >= 0.6 is 11.8 Å². The van der Waals surface area contributed by atoms with Crippen LogP contribution in [0.4, 0.5) is 5.95 Å². The van der Waals surface area contributed by atoms with Crippen LogP contribution in [0.2, 0.25) is 0 Å². The summed E-state index contributed by atoms with van der Waals surface area (Å²) in [5.41, 5.74) is -0.567. The lowest BCUT2D eigenvalue weighted by Gasteiger charge is -2.28. The second-order valence-corrected chi connectivity index (χ2v) is 8.79. The van der Waals surface area contributed by atoms with Crippen molar-refractivity contribution in [3.05, 3.63) is 0 Å². The van der Waals surface area contributed by atoms with E-state index < -0.39 is 5.54 Å². The van der Waals surface area contributed by atoms with Crippen LogP contribution in [-0.2, 0) is 16.1 Å². The summed E-state index contributed by atoms with van der Waals surface area (Å²) >= 11 is 1.42. The average Bonchev–Trinajstić information content (AvgIpc) is 3.42. The SMILES string of the molecule is C#CC(CC)(CC)NC(=O)CSc1nnc(N2CCCCC2)n1CC1CCCO1. The third kappa shape index (κ3) is 5.46. The number of hydrogen-bond donors (Lipinski definition) is 1. The number of amides is 1. The zero-order valence-corrected chi connectivity index (χ0v) is 18.5. The third-order valence-corrected chi connectivity index (χ3v) is 6.91. The number of anilines is 1. The van der Waals surface area contributed by atoms with Gasteiger partial charge in [0.2, 0.25) is 11.9 Å². The molecule has 1 N–H and O–H groups in total. The lowest BCUT2D eigenvalue weighted by atomic mass is 9.94. The van der Waals surface area contributed by atoms with E-state index in [2.05, 4.69) is 30.9 Å². The Hall–Kier alpha value is -1.72. The second kappa shape index (κ2) is 10.4. The molecule has 0 spiro atoms. The number of carbonyl (C=O) groups is 1. The molecule has 7 nitrogen and oxygen atoms in total. The molecule has 3 heterocycles. The van der Waals surface area contributed by atoms with Crippen LogP contribution in [-0.4, -0.2) is 57.8 Å². The number of aromatic nitrogens is 3. The van der Waals surface area contributed by atoms with Crippen LogP contribution in [0.25, 0.3) is 0 Å². The number of nitrogens with one attached hydrogen (secondary N) is 1. The van der Waals surface area contributed by atoms with E-state index >= 15 is 0 Å². The van der Waals surface area contributed by atoms with Crippen LogP contribution in [0.15, 0.2) is 5.16 Å². The van der Waals surface area contributed by atoms with Gasteiger partial charge < -0.3 is 15.0 Å². The van der Waals surface area contributed by atoms with Crippen LogP contribution in [0, 0.1) is 12.3 Å². The maximum absolute atomic E-state index is 12.6. The van der Waals surface area contributed by atoms with Gasteiger partial charge >= 0.3 is 0 Å². The number of carbonyl (C=O) groups excluding carboxylic acids is 1. The molecular weight excluding hydrogens is 386 g/mol. The number of ether oxygens (including phenoxy) is 1. The summed E-state index contributed by atoms with van der Waals surface area (Å²) in [5, 5.41) is 12.7. The lowest BCUT2D eigenvalue weighted by molar-refractivity contribution is -0.119. The Kier molecular flexibility index (Phi) is 7.84. The van der Waals surface area contributed by atoms with E-state index in [-0.39, 0.29) is 17.8 Å². The Balaban J connectivity index is 1.69. The first kappa shape index (κ1) is 22.0. The van der Waals surface area contributed by atoms with Crippen molar-refractivity contribution in [2.75, 3.05) is 30.3 Å². The predicted octanol–water partition coefficient (Wildman–Crippen LogP) is 2.85. The van der Waals surface area contributed by atoms with Crippen LogP contribution in [0.1, 0.15) is 58.8 Å². The number of rotatable bonds is 9. The highest BCUT2D eigenvalue weighted by Gasteiger charge is 2.27. The van der Waals surface area contributed by atoms with E-state index in [0.29, 0.717) is 12.8 Å². The molecule has 2 fully saturated rings. The third-order valence-electron chi connectivity index (χ3n) is 5.94. The van der Waals surface area contributed by atoms with Gasteiger partial charge in [-0.1, -0.05) is 31.5 Å². The Morgan fingerprint density at radius 3 is 2.66 bits per heavy atom. The van der Waals surface area contributed by atoms with Crippen molar-refractivity contribution in [3.8, 4) is 12.3 Å². The van der Waals surface area contributed by atoms with E-state index in [9.17, 15) is 4.79 Å². The highest BCUT2D eigenvalue weighted by atomic mass is 32.2. The standard InChI is InChI=1S/C21H33N5O2S/c1-4-21(5-2,6-3)22-18(27)16-29-20-24-23-19(25-12-8-7-9-13-25)26(20)15-17-11-10-14-28-17/h1,17H,5-16H2,2-3H3,(H,22,27). The minimum absolute atomic E-state index is 0.0668. The molecule has 2 aliphatic heterocycles. The predicted molar refractivity (Wildman–Crippen MR) is 116 cm³/mol. The Bertz CT molecular complexity index is 713. The second-order valence-electron chi connectivity index (χ2n) is 7.85. The van der Waals surface area contributed by atoms with Crippen molar-refractivity contribution >= 4 is 23.6 Å². The molecule has 1 amide bonds. The van der Waals surface area contributed by atoms with Crippen molar-refractivity contribution in [3.63, 3.8) is 0 Å². The number of hydrogen-bond acceptors (Lipinski definition) is 6.